The van der Waals surface area contributed by atoms with Gasteiger partial charge in [0.1, 0.15) is 19.0 Å². The highest BCUT2D eigenvalue weighted by Gasteiger charge is 2.28. The van der Waals surface area contributed by atoms with Crippen molar-refractivity contribution >= 4 is 17.5 Å². The third-order valence-corrected chi connectivity index (χ3v) is 2.40. The Morgan fingerprint density at radius 2 is 1.88 bits per heavy atom. The second kappa shape index (κ2) is 3.94. The minimum atomic E-state index is -0.417. The number of aromatic hydroxyl groups is 1. The van der Waals surface area contributed by atoms with E-state index in [1.54, 1.807) is 19.1 Å². The molecule has 5 heteroatoms. The first-order chi connectivity index (χ1) is 7.59. The second-order valence-electron chi connectivity index (χ2n) is 3.59. The summed E-state index contributed by atoms with van der Waals surface area (Å²) in [4.78, 5) is 24.0. The lowest BCUT2D eigenvalue weighted by molar-refractivity contribution is -0.138. The molecule has 0 unspecified atom stereocenters. The average molecular weight is 221 g/mol. The maximum atomic E-state index is 11.5. The molecule has 1 aliphatic rings. The smallest absolute Gasteiger partial charge is 0.259 e. The molecule has 0 spiro atoms. The molecule has 1 saturated heterocycles. The molecule has 0 aliphatic carbocycles. The van der Waals surface area contributed by atoms with Crippen LogP contribution in [0, 0.1) is 6.92 Å². The van der Waals surface area contributed by atoms with Gasteiger partial charge in [0.15, 0.2) is 0 Å². The Morgan fingerprint density at radius 3 is 2.44 bits per heavy atom. The molecule has 1 heterocycles. The summed E-state index contributed by atoms with van der Waals surface area (Å²) in [6.07, 6.45) is 0. The maximum absolute atomic E-state index is 11.5. The zero-order chi connectivity index (χ0) is 11.7. The Kier molecular flexibility index (Phi) is 2.62. The standard InChI is InChI=1S/C11H11NO4/c1-7-2-3-8(4-9(7)13)12-10(14)5-16-6-11(12)15/h2-4,13H,5-6H2,1H3. The van der Waals surface area contributed by atoms with Crippen LogP contribution in [0.5, 0.6) is 5.75 Å². The fraction of sp³-hybridized carbons (Fsp3) is 0.273. The molecule has 1 aliphatic heterocycles. The van der Waals surface area contributed by atoms with Gasteiger partial charge >= 0.3 is 0 Å². The number of amides is 2. The van der Waals surface area contributed by atoms with E-state index in [2.05, 4.69) is 0 Å². The van der Waals surface area contributed by atoms with Gasteiger partial charge in [-0.3, -0.25) is 9.59 Å². The summed E-state index contributed by atoms with van der Waals surface area (Å²) in [5.74, 6) is -0.774. The summed E-state index contributed by atoms with van der Waals surface area (Å²) in [5.41, 5.74) is 1.07. The number of phenols is 1. The zero-order valence-electron chi connectivity index (χ0n) is 8.77. The van der Waals surface area contributed by atoms with Gasteiger partial charge in [0.05, 0.1) is 5.69 Å². The number of rotatable bonds is 1. The quantitative estimate of drug-likeness (QED) is 0.705. The van der Waals surface area contributed by atoms with E-state index in [1.807, 2.05) is 0 Å². The molecule has 1 fully saturated rings. The number of morpholine rings is 1. The van der Waals surface area contributed by atoms with Gasteiger partial charge in [-0.05, 0) is 18.6 Å². The highest BCUT2D eigenvalue weighted by Crippen LogP contribution is 2.25. The summed E-state index contributed by atoms with van der Waals surface area (Å²) in [5, 5.41) is 9.52. The van der Waals surface area contributed by atoms with Crippen molar-refractivity contribution in [2.45, 2.75) is 6.92 Å². The Balaban J connectivity index is 2.38. The van der Waals surface area contributed by atoms with Crippen LogP contribution in [-0.4, -0.2) is 30.1 Å². The number of imide groups is 1. The molecule has 0 atom stereocenters. The van der Waals surface area contributed by atoms with Crippen LogP contribution in [0.15, 0.2) is 18.2 Å². The molecule has 0 saturated carbocycles. The van der Waals surface area contributed by atoms with Crippen LogP contribution in [0.2, 0.25) is 0 Å². The molecule has 2 rings (SSSR count). The van der Waals surface area contributed by atoms with Gasteiger partial charge in [-0.25, -0.2) is 4.90 Å². The van der Waals surface area contributed by atoms with Gasteiger partial charge in [0.25, 0.3) is 11.8 Å². The summed E-state index contributed by atoms with van der Waals surface area (Å²) in [6.45, 7) is 1.52. The van der Waals surface area contributed by atoms with E-state index >= 15 is 0 Å². The fourth-order valence-electron chi connectivity index (χ4n) is 1.52. The molecular formula is C11H11NO4. The van der Waals surface area contributed by atoms with Crippen LogP contribution >= 0.6 is 0 Å². The number of carbonyl (C=O) groups excluding carboxylic acids is 2. The van der Waals surface area contributed by atoms with E-state index in [1.165, 1.54) is 6.07 Å². The van der Waals surface area contributed by atoms with Crippen LogP contribution in [-0.2, 0) is 14.3 Å². The summed E-state index contributed by atoms with van der Waals surface area (Å²) >= 11 is 0. The first-order valence-electron chi connectivity index (χ1n) is 4.83. The Hall–Kier alpha value is -1.88. The van der Waals surface area contributed by atoms with Crippen LogP contribution in [0.1, 0.15) is 5.56 Å². The largest absolute Gasteiger partial charge is 0.508 e. The van der Waals surface area contributed by atoms with E-state index in [9.17, 15) is 14.7 Å². The number of phenolic OH excluding ortho intramolecular Hbond substituents is 1. The number of nitrogens with zero attached hydrogens (tertiary/aromatic N) is 1. The molecule has 0 bridgehead atoms. The summed E-state index contributed by atoms with van der Waals surface area (Å²) < 4.78 is 4.80. The van der Waals surface area contributed by atoms with Crippen LogP contribution in [0.25, 0.3) is 0 Å². The molecule has 0 radical (unpaired) electrons. The highest BCUT2D eigenvalue weighted by atomic mass is 16.5. The van der Waals surface area contributed by atoms with E-state index < -0.39 is 11.8 Å². The lowest BCUT2D eigenvalue weighted by atomic mass is 10.2. The second-order valence-corrected chi connectivity index (χ2v) is 3.59. The molecular weight excluding hydrogens is 210 g/mol. The van der Waals surface area contributed by atoms with Crippen molar-refractivity contribution in [1.29, 1.82) is 0 Å². The summed E-state index contributed by atoms with van der Waals surface area (Å²) in [6, 6.07) is 4.67. The normalized spacial score (nSPS) is 16.7. The topological polar surface area (TPSA) is 66.8 Å². The average Bonchev–Trinajstić information content (AvgIpc) is 2.23. The number of ether oxygens (including phenoxy) is 1. The number of aryl methyl sites for hydroxylation is 1. The van der Waals surface area contributed by atoms with Crippen LogP contribution in [0.4, 0.5) is 5.69 Å². The molecule has 1 aromatic rings. The molecule has 1 aromatic carbocycles. The molecule has 84 valence electrons. The van der Waals surface area contributed by atoms with Gasteiger partial charge in [-0.1, -0.05) is 6.07 Å². The third-order valence-electron chi connectivity index (χ3n) is 2.40. The number of benzene rings is 1. The third kappa shape index (κ3) is 1.77. The zero-order valence-corrected chi connectivity index (χ0v) is 8.77. The predicted molar refractivity (Wildman–Crippen MR) is 56.2 cm³/mol. The molecule has 0 aromatic heterocycles. The molecule has 16 heavy (non-hydrogen) atoms. The number of hydrogen-bond acceptors (Lipinski definition) is 4. The first-order valence-corrected chi connectivity index (χ1v) is 4.83. The van der Waals surface area contributed by atoms with Crippen molar-refractivity contribution in [3.8, 4) is 5.75 Å². The number of hydrogen-bond donors (Lipinski definition) is 1. The van der Waals surface area contributed by atoms with Crippen molar-refractivity contribution < 1.29 is 19.4 Å². The lowest BCUT2D eigenvalue weighted by Gasteiger charge is -2.25. The molecule has 5 nitrogen and oxygen atoms in total. The number of anilines is 1. The van der Waals surface area contributed by atoms with Crippen molar-refractivity contribution in [1.82, 2.24) is 0 Å². The Labute approximate surface area is 92.2 Å². The van der Waals surface area contributed by atoms with Crippen LogP contribution in [0.3, 0.4) is 0 Å². The van der Waals surface area contributed by atoms with Gasteiger partial charge in [-0.15, -0.1) is 0 Å². The Morgan fingerprint density at radius 1 is 1.25 bits per heavy atom. The monoisotopic (exact) mass is 221 g/mol. The minimum absolute atomic E-state index is 0.0598. The van der Waals surface area contributed by atoms with E-state index in [0.717, 1.165) is 4.90 Å². The fourth-order valence-corrected chi connectivity index (χ4v) is 1.52. The molecule has 1 N–H and O–H groups in total. The van der Waals surface area contributed by atoms with Gasteiger partial charge in [0.2, 0.25) is 0 Å². The first kappa shape index (κ1) is 10.6. The molecule has 2 amide bonds. The minimum Gasteiger partial charge on any atom is -0.508 e. The van der Waals surface area contributed by atoms with Crippen molar-refractivity contribution in [2.24, 2.45) is 0 Å². The Bertz CT molecular complexity index is 439. The highest BCUT2D eigenvalue weighted by molar-refractivity contribution is 6.17. The van der Waals surface area contributed by atoms with E-state index in [0.29, 0.717) is 11.3 Å². The van der Waals surface area contributed by atoms with Crippen LogP contribution < -0.4 is 4.90 Å². The summed E-state index contributed by atoms with van der Waals surface area (Å²) in [7, 11) is 0. The number of carbonyl (C=O) groups is 2. The van der Waals surface area contributed by atoms with Crippen molar-refractivity contribution in [3.63, 3.8) is 0 Å². The predicted octanol–water partition coefficient (Wildman–Crippen LogP) is 0.590. The van der Waals surface area contributed by atoms with Gasteiger partial charge in [0, 0.05) is 6.07 Å². The SMILES string of the molecule is Cc1ccc(N2C(=O)COCC2=O)cc1O. The van der Waals surface area contributed by atoms with E-state index in [-0.39, 0.29) is 19.0 Å². The maximum Gasteiger partial charge on any atom is 0.259 e. The van der Waals surface area contributed by atoms with E-state index in [4.69, 9.17) is 4.74 Å². The van der Waals surface area contributed by atoms with Gasteiger partial charge in [-0.2, -0.15) is 0 Å². The van der Waals surface area contributed by atoms with Gasteiger partial charge < -0.3 is 9.84 Å². The van der Waals surface area contributed by atoms with Crippen molar-refractivity contribution in [2.75, 3.05) is 18.1 Å². The van der Waals surface area contributed by atoms with Crippen molar-refractivity contribution in [3.05, 3.63) is 23.8 Å². The lowest BCUT2D eigenvalue weighted by Crippen LogP contribution is -2.46.